The van der Waals surface area contributed by atoms with Crippen molar-refractivity contribution in [3.05, 3.63) is 33.8 Å². The second kappa shape index (κ2) is 5.44. The van der Waals surface area contributed by atoms with Crippen molar-refractivity contribution >= 4 is 27.8 Å². The zero-order chi connectivity index (χ0) is 15.1. The maximum atomic E-state index is 12.5. The summed E-state index contributed by atoms with van der Waals surface area (Å²) >= 11 is 3.49. The van der Waals surface area contributed by atoms with Gasteiger partial charge in [0.15, 0.2) is 0 Å². The van der Waals surface area contributed by atoms with Crippen molar-refractivity contribution in [1.82, 2.24) is 4.90 Å². The molecule has 1 aromatic carbocycles. The molecular formula is C16H18BrNO3. The first-order valence-corrected chi connectivity index (χ1v) is 8.07. The van der Waals surface area contributed by atoms with Crippen LogP contribution in [0.2, 0.25) is 0 Å². The topological polar surface area (TPSA) is 57.6 Å². The average Bonchev–Trinajstić information content (AvgIpc) is 3.11. The van der Waals surface area contributed by atoms with Crippen LogP contribution in [0.3, 0.4) is 0 Å². The lowest BCUT2D eigenvalue weighted by Gasteiger charge is -2.25. The van der Waals surface area contributed by atoms with Crippen molar-refractivity contribution in [1.29, 1.82) is 0 Å². The van der Waals surface area contributed by atoms with E-state index in [0.29, 0.717) is 6.42 Å². The van der Waals surface area contributed by atoms with E-state index in [1.807, 2.05) is 17.9 Å². The summed E-state index contributed by atoms with van der Waals surface area (Å²) in [6, 6.07) is 6.28. The number of carboxylic acids is 1. The van der Waals surface area contributed by atoms with E-state index < -0.39 is 11.9 Å². The molecule has 2 aliphatic rings. The minimum absolute atomic E-state index is 0.0190. The molecule has 3 unspecified atom stereocenters. The van der Waals surface area contributed by atoms with Crippen LogP contribution in [-0.4, -0.2) is 28.4 Å². The molecule has 0 radical (unpaired) electrons. The molecular weight excluding hydrogens is 334 g/mol. The lowest BCUT2D eigenvalue weighted by atomic mass is 10.0. The number of amides is 1. The molecule has 0 spiro atoms. The predicted molar refractivity (Wildman–Crippen MR) is 81.8 cm³/mol. The number of benzene rings is 1. The fourth-order valence-electron chi connectivity index (χ4n) is 3.21. The van der Waals surface area contributed by atoms with Gasteiger partial charge in [-0.3, -0.25) is 9.59 Å². The number of halogens is 1. The Bertz CT molecular complexity index is 601. The van der Waals surface area contributed by atoms with Crippen LogP contribution in [0.5, 0.6) is 0 Å². The smallest absolute Gasteiger partial charge is 0.307 e. The molecule has 1 saturated heterocycles. The van der Waals surface area contributed by atoms with E-state index in [2.05, 4.69) is 28.1 Å². The normalized spacial score (nSPS) is 27.7. The lowest BCUT2D eigenvalue weighted by molar-refractivity contribution is -0.142. The van der Waals surface area contributed by atoms with Crippen molar-refractivity contribution < 1.29 is 14.7 Å². The van der Waals surface area contributed by atoms with E-state index in [1.54, 1.807) is 0 Å². The fourth-order valence-corrected chi connectivity index (χ4v) is 3.45. The summed E-state index contributed by atoms with van der Waals surface area (Å²) in [4.78, 5) is 25.3. The van der Waals surface area contributed by atoms with Gasteiger partial charge >= 0.3 is 5.97 Å². The van der Waals surface area contributed by atoms with Crippen molar-refractivity contribution in [2.45, 2.75) is 32.2 Å². The maximum Gasteiger partial charge on any atom is 0.307 e. The highest BCUT2D eigenvalue weighted by Gasteiger charge is 2.51. The largest absolute Gasteiger partial charge is 0.481 e. The molecule has 1 heterocycles. The van der Waals surface area contributed by atoms with Crippen molar-refractivity contribution in [3.8, 4) is 0 Å². The van der Waals surface area contributed by atoms with Crippen molar-refractivity contribution in [3.63, 3.8) is 0 Å². The Morgan fingerprint density at radius 3 is 2.71 bits per heavy atom. The lowest BCUT2D eigenvalue weighted by Crippen LogP contribution is -2.32. The van der Waals surface area contributed by atoms with Gasteiger partial charge in [0, 0.05) is 11.0 Å². The fraction of sp³-hybridized carbons (Fsp3) is 0.500. The van der Waals surface area contributed by atoms with Crippen molar-refractivity contribution in [2.24, 2.45) is 11.8 Å². The highest BCUT2D eigenvalue weighted by molar-refractivity contribution is 9.10. The summed E-state index contributed by atoms with van der Waals surface area (Å²) < 4.78 is 1.07. The summed E-state index contributed by atoms with van der Waals surface area (Å²) in [6.07, 6.45) is 2.43. The van der Waals surface area contributed by atoms with E-state index in [4.69, 9.17) is 5.11 Å². The van der Waals surface area contributed by atoms with Gasteiger partial charge in [-0.05, 0) is 43.4 Å². The summed E-state index contributed by atoms with van der Waals surface area (Å²) in [7, 11) is 0. The molecule has 112 valence electrons. The number of carboxylic acid groups (broad SMARTS) is 1. The molecule has 0 aromatic heterocycles. The molecule has 1 aliphatic carbocycles. The van der Waals surface area contributed by atoms with E-state index in [1.165, 1.54) is 0 Å². The average molecular weight is 352 g/mol. The first-order valence-electron chi connectivity index (χ1n) is 7.28. The Labute approximate surface area is 132 Å². The molecule has 2 fully saturated rings. The van der Waals surface area contributed by atoms with Crippen LogP contribution in [-0.2, 0) is 9.59 Å². The highest BCUT2D eigenvalue weighted by atomic mass is 79.9. The van der Waals surface area contributed by atoms with Crippen molar-refractivity contribution in [2.75, 3.05) is 6.54 Å². The zero-order valence-electron chi connectivity index (χ0n) is 11.9. The number of hydrogen-bond donors (Lipinski definition) is 1. The second-order valence-corrected chi connectivity index (χ2v) is 6.84. The standard InChI is InChI=1S/C16H18BrNO3/c1-9-7-10(4-5-13(9)17)14-3-2-6-18(14)15(19)11-8-12(11)16(20)21/h4-5,7,11-12,14H,2-3,6,8H2,1H3,(H,20,21). The number of aliphatic carboxylic acids is 1. The number of carbonyl (C=O) groups is 2. The molecule has 1 amide bonds. The first-order chi connectivity index (χ1) is 9.99. The number of likely N-dealkylation sites (tertiary alicyclic amines) is 1. The number of rotatable bonds is 3. The number of carbonyl (C=O) groups excluding carboxylic acids is 1. The van der Waals surface area contributed by atoms with Gasteiger partial charge in [-0.1, -0.05) is 28.1 Å². The van der Waals surface area contributed by atoms with Gasteiger partial charge in [0.2, 0.25) is 5.91 Å². The zero-order valence-corrected chi connectivity index (χ0v) is 13.5. The number of nitrogens with zero attached hydrogens (tertiary/aromatic N) is 1. The van der Waals surface area contributed by atoms with Crippen LogP contribution >= 0.6 is 15.9 Å². The Hall–Kier alpha value is -1.36. The van der Waals surface area contributed by atoms with Crippen LogP contribution in [0, 0.1) is 18.8 Å². The molecule has 1 N–H and O–H groups in total. The molecule has 1 aliphatic heterocycles. The summed E-state index contributed by atoms with van der Waals surface area (Å²) in [5.74, 6) is -1.60. The number of aryl methyl sites for hydroxylation is 1. The summed E-state index contributed by atoms with van der Waals surface area (Å²) in [5.41, 5.74) is 2.30. The third-order valence-corrected chi connectivity index (χ3v) is 5.42. The van der Waals surface area contributed by atoms with Crippen LogP contribution in [0.15, 0.2) is 22.7 Å². The van der Waals surface area contributed by atoms with Crippen LogP contribution in [0.1, 0.15) is 36.4 Å². The Morgan fingerprint density at radius 1 is 1.33 bits per heavy atom. The van der Waals surface area contributed by atoms with Gasteiger partial charge in [-0.15, -0.1) is 0 Å². The first kappa shape index (κ1) is 14.6. The molecule has 1 saturated carbocycles. The Balaban J connectivity index is 1.78. The molecule has 0 bridgehead atoms. The second-order valence-electron chi connectivity index (χ2n) is 5.99. The van der Waals surface area contributed by atoms with E-state index in [0.717, 1.165) is 35.0 Å². The van der Waals surface area contributed by atoms with Gasteiger partial charge in [0.25, 0.3) is 0 Å². The third-order valence-electron chi connectivity index (χ3n) is 4.53. The van der Waals surface area contributed by atoms with Crippen LogP contribution in [0.25, 0.3) is 0 Å². The Kier molecular flexibility index (Phi) is 3.78. The van der Waals surface area contributed by atoms with Gasteiger partial charge < -0.3 is 10.0 Å². The van der Waals surface area contributed by atoms with E-state index in [-0.39, 0.29) is 17.9 Å². The Morgan fingerprint density at radius 2 is 2.10 bits per heavy atom. The minimum Gasteiger partial charge on any atom is -0.481 e. The molecule has 21 heavy (non-hydrogen) atoms. The third kappa shape index (κ3) is 2.71. The SMILES string of the molecule is Cc1cc(C2CCCN2C(=O)C2CC2C(=O)O)ccc1Br. The molecule has 3 rings (SSSR count). The minimum atomic E-state index is -0.844. The van der Waals surface area contributed by atoms with Gasteiger partial charge in [-0.2, -0.15) is 0 Å². The summed E-state index contributed by atoms with van der Waals surface area (Å²) in [5, 5.41) is 8.99. The molecule has 1 aromatic rings. The van der Waals surface area contributed by atoms with E-state index >= 15 is 0 Å². The quantitative estimate of drug-likeness (QED) is 0.909. The van der Waals surface area contributed by atoms with Gasteiger partial charge in [0.1, 0.15) is 0 Å². The molecule has 3 atom stereocenters. The van der Waals surface area contributed by atoms with E-state index in [9.17, 15) is 9.59 Å². The van der Waals surface area contributed by atoms with Crippen LogP contribution < -0.4 is 0 Å². The molecule has 5 heteroatoms. The van der Waals surface area contributed by atoms with Gasteiger partial charge in [0.05, 0.1) is 17.9 Å². The highest BCUT2D eigenvalue weighted by Crippen LogP contribution is 2.43. The number of hydrogen-bond acceptors (Lipinski definition) is 2. The monoisotopic (exact) mass is 351 g/mol. The van der Waals surface area contributed by atoms with Crippen LogP contribution in [0.4, 0.5) is 0 Å². The molecule has 4 nitrogen and oxygen atoms in total. The summed E-state index contributed by atoms with van der Waals surface area (Å²) in [6.45, 7) is 2.78. The maximum absolute atomic E-state index is 12.5. The predicted octanol–water partition coefficient (Wildman–Crippen LogP) is 3.14. The van der Waals surface area contributed by atoms with Gasteiger partial charge in [-0.25, -0.2) is 0 Å².